The molecule has 0 fully saturated rings. The van der Waals surface area contributed by atoms with Crippen molar-refractivity contribution in [1.82, 2.24) is 5.32 Å². The predicted molar refractivity (Wildman–Crippen MR) is 104 cm³/mol. The number of alkyl halides is 3. The molecule has 0 unspecified atom stereocenters. The van der Waals surface area contributed by atoms with Gasteiger partial charge in [0.1, 0.15) is 11.8 Å². The first kappa shape index (κ1) is 22.3. The zero-order chi connectivity index (χ0) is 21.6. The van der Waals surface area contributed by atoms with Crippen LogP contribution in [0.4, 0.5) is 18.9 Å². The standard InChI is InChI=1S/C21H23F3N2O3/c1-4-29-17-11-6-5-10-16(17)19(27)26-18(13(2)3)20(28)25-15-9-7-8-14(12-15)21(22,23)24/h5-13,18H,4H2,1-3H3,(H,25,28)(H,26,27)/t18-/m0/s1. The summed E-state index contributed by atoms with van der Waals surface area (Å²) in [5.41, 5.74) is -0.600. The van der Waals surface area contributed by atoms with Crippen LogP contribution in [0.3, 0.4) is 0 Å². The van der Waals surface area contributed by atoms with Gasteiger partial charge in [-0.05, 0) is 43.2 Å². The minimum atomic E-state index is -4.52. The molecule has 2 aromatic carbocycles. The lowest BCUT2D eigenvalue weighted by atomic mass is 10.0. The van der Waals surface area contributed by atoms with Gasteiger partial charge >= 0.3 is 6.18 Å². The Morgan fingerprint density at radius 2 is 1.76 bits per heavy atom. The highest BCUT2D eigenvalue weighted by atomic mass is 19.4. The molecule has 0 aliphatic carbocycles. The summed E-state index contributed by atoms with van der Waals surface area (Å²) in [6.45, 7) is 5.61. The quantitative estimate of drug-likeness (QED) is 0.709. The predicted octanol–water partition coefficient (Wildman–Crippen LogP) is 4.50. The summed E-state index contributed by atoms with van der Waals surface area (Å²) in [5, 5.41) is 5.09. The Labute approximate surface area is 167 Å². The van der Waals surface area contributed by atoms with Crippen molar-refractivity contribution < 1.29 is 27.5 Å². The SMILES string of the molecule is CCOc1ccccc1C(=O)N[C@H](C(=O)Nc1cccc(C(F)(F)F)c1)C(C)C. The molecular weight excluding hydrogens is 385 g/mol. The molecule has 0 heterocycles. The first-order chi connectivity index (χ1) is 13.6. The van der Waals surface area contributed by atoms with Crippen molar-refractivity contribution in [3.05, 3.63) is 59.7 Å². The zero-order valence-electron chi connectivity index (χ0n) is 16.3. The molecule has 29 heavy (non-hydrogen) atoms. The van der Waals surface area contributed by atoms with E-state index in [1.807, 2.05) is 0 Å². The summed E-state index contributed by atoms with van der Waals surface area (Å²) in [7, 11) is 0. The van der Waals surface area contributed by atoms with E-state index in [9.17, 15) is 22.8 Å². The number of rotatable bonds is 7. The lowest BCUT2D eigenvalue weighted by molar-refractivity contribution is -0.137. The number of halogens is 3. The summed E-state index contributed by atoms with van der Waals surface area (Å²) in [4.78, 5) is 25.3. The molecule has 8 heteroatoms. The van der Waals surface area contributed by atoms with Crippen LogP contribution in [0.2, 0.25) is 0 Å². The van der Waals surface area contributed by atoms with Gasteiger partial charge in [-0.15, -0.1) is 0 Å². The molecule has 2 amide bonds. The van der Waals surface area contributed by atoms with E-state index < -0.39 is 29.6 Å². The number of benzene rings is 2. The Morgan fingerprint density at radius 3 is 2.38 bits per heavy atom. The average Bonchev–Trinajstić information content (AvgIpc) is 2.65. The smallest absolute Gasteiger partial charge is 0.416 e. The van der Waals surface area contributed by atoms with Crippen molar-refractivity contribution in [3.63, 3.8) is 0 Å². The van der Waals surface area contributed by atoms with Gasteiger partial charge in [-0.1, -0.05) is 32.0 Å². The number of ether oxygens (including phenoxy) is 1. The lowest BCUT2D eigenvalue weighted by Gasteiger charge is -2.22. The largest absolute Gasteiger partial charge is 0.493 e. The Balaban J connectivity index is 2.18. The second-order valence-electron chi connectivity index (χ2n) is 6.69. The molecule has 0 aliphatic heterocycles. The van der Waals surface area contributed by atoms with Gasteiger partial charge in [-0.25, -0.2) is 0 Å². The molecule has 2 N–H and O–H groups in total. The van der Waals surface area contributed by atoms with Crippen LogP contribution in [0.5, 0.6) is 5.75 Å². The number of carbonyl (C=O) groups excluding carboxylic acids is 2. The monoisotopic (exact) mass is 408 g/mol. The third kappa shape index (κ3) is 5.97. The first-order valence-corrected chi connectivity index (χ1v) is 9.14. The van der Waals surface area contributed by atoms with E-state index >= 15 is 0 Å². The van der Waals surface area contributed by atoms with Gasteiger partial charge in [0.2, 0.25) is 5.91 Å². The highest BCUT2D eigenvalue weighted by Gasteiger charge is 2.31. The van der Waals surface area contributed by atoms with Crippen LogP contribution in [0.1, 0.15) is 36.7 Å². The fourth-order valence-electron chi connectivity index (χ4n) is 2.68. The maximum absolute atomic E-state index is 12.9. The molecule has 0 saturated carbocycles. The molecule has 2 rings (SSSR count). The number of carbonyl (C=O) groups is 2. The molecule has 5 nitrogen and oxygen atoms in total. The number of para-hydroxylation sites is 1. The zero-order valence-corrected chi connectivity index (χ0v) is 16.3. The average molecular weight is 408 g/mol. The minimum absolute atomic E-state index is 0.000518. The molecule has 0 radical (unpaired) electrons. The van der Waals surface area contributed by atoms with E-state index in [0.29, 0.717) is 12.4 Å². The second kappa shape index (κ2) is 9.45. The molecule has 0 spiro atoms. The van der Waals surface area contributed by atoms with Crippen LogP contribution in [0, 0.1) is 5.92 Å². The van der Waals surface area contributed by atoms with E-state index in [1.54, 1.807) is 45.0 Å². The fraction of sp³-hybridized carbons (Fsp3) is 0.333. The van der Waals surface area contributed by atoms with E-state index in [1.165, 1.54) is 12.1 Å². The van der Waals surface area contributed by atoms with E-state index in [-0.39, 0.29) is 17.2 Å². The summed E-state index contributed by atoms with van der Waals surface area (Å²) >= 11 is 0. The van der Waals surface area contributed by atoms with Crippen LogP contribution in [0.25, 0.3) is 0 Å². The van der Waals surface area contributed by atoms with Gasteiger partial charge in [0.25, 0.3) is 5.91 Å². The first-order valence-electron chi connectivity index (χ1n) is 9.14. The summed E-state index contributed by atoms with van der Waals surface area (Å²) in [6, 6.07) is 9.99. The second-order valence-corrected chi connectivity index (χ2v) is 6.69. The Morgan fingerprint density at radius 1 is 1.07 bits per heavy atom. The van der Waals surface area contributed by atoms with Gasteiger partial charge in [-0.3, -0.25) is 9.59 Å². The van der Waals surface area contributed by atoms with Gasteiger partial charge in [-0.2, -0.15) is 13.2 Å². The van der Waals surface area contributed by atoms with Crippen LogP contribution < -0.4 is 15.4 Å². The highest BCUT2D eigenvalue weighted by Crippen LogP contribution is 2.30. The number of amides is 2. The normalized spacial score (nSPS) is 12.4. The minimum Gasteiger partial charge on any atom is -0.493 e. The van der Waals surface area contributed by atoms with E-state index in [4.69, 9.17) is 4.74 Å². The fourth-order valence-corrected chi connectivity index (χ4v) is 2.68. The third-order valence-corrected chi connectivity index (χ3v) is 4.12. The van der Waals surface area contributed by atoms with Gasteiger partial charge in [0.05, 0.1) is 17.7 Å². The summed E-state index contributed by atoms with van der Waals surface area (Å²) < 4.78 is 44.0. The molecular formula is C21H23F3N2O3. The summed E-state index contributed by atoms with van der Waals surface area (Å²) in [5.74, 6) is -1.04. The molecule has 1 atom stereocenters. The number of anilines is 1. The van der Waals surface area contributed by atoms with E-state index in [2.05, 4.69) is 10.6 Å². The molecule has 0 saturated heterocycles. The molecule has 0 aliphatic rings. The molecule has 2 aromatic rings. The maximum Gasteiger partial charge on any atom is 0.416 e. The maximum atomic E-state index is 12.9. The van der Waals surface area contributed by atoms with Gasteiger partial charge in [0.15, 0.2) is 0 Å². The van der Waals surface area contributed by atoms with Gasteiger partial charge in [0, 0.05) is 5.69 Å². The van der Waals surface area contributed by atoms with Crippen molar-refractivity contribution >= 4 is 17.5 Å². The van der Waals surface area contributed by atoms with Crippen molar-refractivity contribution in [2.75, 3.05) is 11.9 Å². The topological polar surface area (TPSA) is 67.4 Å². The summed E-state index contributed by atoms with van der Waals surface area (Å²) in [6.07, 6.45) is -4.52. The third-order valence-electron chi connectivity index (χ3n) is 4.12. The number of nitrogens with one attached hydrogen (secondary N) is 2. The van der Waals surface area contributed by atoms with Crippen LogP contribution in [0.15, 0.2) is 48.5 Å². The van der Waals surface area contributed by atoms with Crippen molar-refractivity contribution in [2.45, 2.75) is 33.0 Å². The molecule has 0 bridgehead atoms. The lowest BCUT2D eigenvalue weighted by Crippen LogP contribution is -2.47. The number of hydrogen-bond acceptors (Lipinski definition) is 3. The number of hydrogen-bond donors (Lipinski definition) is 2. The Kier molecular flexibility index (Phi) is 7.25. The van der Waals surface area contributed by atoms with Crippen molar-refractivity contribution in [3.8, 4) is 5.75 Å². The van der Waals surface area contributed by atoms with Crippen LogP contribution >= 0.6 is 0 Å². The molecule has 156 valence electrons. The Hall–Kier alpha value is -3.03. The van der Waals surface area contributed by atoms with E-state index in [0.717, 1.165) is 12.1 Å². The van der Waals surface area contributed by atoms with Gasteiger partial charge < -0.3 is 15.4 Å². The van der Waals surface area contributed by atoms with Crippen molar-refractivity contribution in [1.29, 1.82) is 0 Å². The van der Waals surface area contributed by atoms with Crippen molar-refractivity contribution in [2.24, 2.45) is 5.92 Å². The van der Waals surface area contributed by atoms with Crippen LogP contribution in [-0.2, 0) is 11.0 Å². The molecule has 0 aromatic heterocycles. The highest BCUT2D eigenvalue weighted by molar-refractivity contribution is 6.02. The Bertz CT molecular complexity index is 866. The van der Waals surface area contributed by atoms with Crippen LogP contribution in [-0.4, -0.2) is 24.5 Å².